The number of benzene rings is 2. The van der Waals surface area contributed by atoms with Gasteiger partial charge in [0.2, 0.25) is 5.91 Å². The molecule has 0 saturated carbocycles. The van der Waals surface area contributed by atoms with Crippen LogP contribution < -0.4 is 10.2 Å². The second kappa shape index (κ2) is 5.43. The first kappa shape index (κ1) is 13.8. The van der Waals surface area contributed by atoms with E-state index in [4.69, 9.17) is 4.98 Å². The Morgan fingerprint density at radius 1 is 1.13 bits per heavy atom. The van der Waals surface area contributed by atoms with Crippen molar-refractivity contribution in [1.29, 1.82) is 0 Å². The van der Waals surface area contributed by atoms with Crippen LogP contribution in [0.2, 0.25) is 0 Å². The van der Waals surface area contributed by atoms with Gasteiger partial charge in [0.05, 0.1) is 17.6 Å². The number of carbonyl (C=O) groups is 1. The molecule has 1 aliphatic heterocycles. The summed E-state index contributed by atoms with van der Waals surface area (Å²) in [5.74, 6) is 0.999. The summed E-state index contributed by atoms with van der Waals surface area (Å²) in [6.45, 7) is 4.20. The van der Waals surface area contributed by atoms with Gasteiger partial charge in [-0.3, -0.25) is 4.79 Å². The number of fused-ring (bicyclic) bond motifs is 3. The number of hydrogen-bond acceptors (Lipinski definition) is 3. The van der Waals surface area contributed by atoms with Gasteiger partial charge in [0.1, 0.15) is 5.82 Å². The lowest BCUT2D eigenvalue weighted by molar-refractivity contribution is -0.114. The van der Waals surface area contributed by atoms with Crippen molar-refractivity contribution in [3.8, 4) is 0 Å². The number of rotatable bonds is 2. The number of anilines is 2. The lowest BCUT2D eigenvalue weighted by Crippen LogP contribution is -2.33. The topological polar surface area (TPSA) is 50.2 Å². The fraction of sp³-hybridized carbons (Fsp3) is 0.222. The quantitative estimate of drug-likeness (QED) is 0.792. The number of nitrogens with one attached hydrogen (secondary N) is 1. The van der Waals surface area contributed by atoms with E-state index in [1.54, 1.807) is 0 Å². The summed E-state index contributed by atoms with van der Waals surface area (Å²) >= 11 is 0. The highest BCUT2D eigenvalue weighted by Gasteiger charge is 2.20. The van der Waals surface area contributed by atoms with Gasteiger partial charge in [-0.25, -0.2) is 4.98 Å². The predicted molar refractivity (Wildman–Crippen MR) is 91.5 cm³/mol. The number of aromatic nitrogens is 2. The molecule has 0 aliphatic carbocycles. The number of para-hydroxylation sites is 1. The van der Waals surface area contributed by atoms with Gasteiger partial charge in [0.15, 0.2) is 0 Å². The number of carbonyl (C=O) groups excluding carboxylic acids is 1. The average Bonchev–Trinajstić information content (AvgIpc) is 2.91. The van der Waals surface area contributed by atoms with Crippen molar-refractivity contribution in [2.24, 2.45) is 0 Å². The van der Waals surface area contributed by atoms with E-state index in [1.165, 1.54) is 12.6 Å². The normalized spacial score (nSPS) is 13.9. The van der Waals surface area contributed by atoms with Crippen LogP contribution in [-0.2, 0) is 17.9 Å². The summed E-state index contributed by atoms with van der Waals surface area (Å²) in [7, 11) is 0. The largest absolute Gasteiger partial charge is 0.362 e. The Hall–Kier alpha value is -2.82. The van der Waals surface area contributed by atoms with Crippen LogP contribution in [0.25, 0.3) is 11.0 Å². The van der Waals surface area contributed by atoms with Gasteiger partial charge in [0, 0.05) is 31.4 Å². The minimum absolute atomic E-state index is 0.0661. The van der Waals surface area contributed by atoms with E-state index in [2.05, 4.69) is 39.0 Å². The van der Waals surface area contributed by atoms with Gasteiger partial charge < -0.3 is 14.8 Å². The fourth-order valence-corrected chi connectivity index (χ4v) is 3.16. The number of hydrogen-bond donors (Lipinski definition) is 1. The minimum Gasteiger partial charge on any atom is -0.362 e. The summed E-state index contributed by atoms with van der Waals surface area (Å²) in [4.78, 5) is 18.3. The van der Waals surface area contributed by atoms with Gasteiger partial charge in [-0.1, -0.05) is 18.2 Å². The highest BCUT2D eigenvalue weighted by molar-refractivity contribution is 5.91. The van der Waals surface area contributed by atoms with Crippen LogP contribution in [0, 0.1) is 0 Å². The fourth-order valence-electron chi connectivity index (χ4n) is 3.16. The van der Waals surface area contributed by atoms with E-state index < -0.39 is 0 Å². The Morgan fingerprint density at radius 3 is 2.74 bits per heavy atom. The second-order valence-corrected chi connectivity index (χ2v) is 5.82. The molecule has 0 saturated heterocycles. The highest BCUT2D eigenvalue weighted by Crippen LogP contribution is 2.26. The molecule has 5 heteroatoms. The molecule has 1 amide bonds. The molecule has 2 aromatic carbocycles. The van der Waals surface area contributed by atoms with Crippen molar-refractivity contribution in [3.63, 3.8) is 0 Å². The lowest BCUT2D eigenvalue weighted by Gasteiger charge is -2.29. The molecule has 2 heterocycles. The molecule has 1 aliphatic rings. The van der Waals surface area contributed by atoms with Crippen LogP contribution in [-0.4, -0.2) is 22.0 Å². The van der Waals surface area contributed by atoms with Crippen molar-refractivity contribution < 1.29 is 4.79 Å². The summed E-state index contributed by atoms with van der Waals surface area (Å²) < 4.78 is 2.27. The molecular weight excluding hydrogens is 288 g/mol. The van der Waals surface area contributed by atoms with Crippen molar-refractivity contribution in [3.05, 3.63) is 54.4 Å². The third kappa shape index (κ3) is 2.54. The number of nitrogens with zero attached hydrogens (tertiary/aromatic N) is 3. The Morgan fingerprint density at radius 2 is 1.96 bits per heavy atom. The van der Waals surface area contributed by atoms with Gasteiger partial charge in [-0.15, -0.1) is 0 Å². The summed E-state index contributed by atoms with van der Waals surface area (Å²) in [6.07, 6.45) is 0. The Labute approximate surface area is 134 Å². The van der Waals surface area contributed by atoms with E-state index in [0.29, 0.717) is 0 Å². The summed E-state index contributed by atoms with van der Waals surface area (Å²) in [5.41, 5.74) is 4.08. The zero-order valence-electron chi connectivity index (χ0n) is 13.0. The predicted octanol–water partition coefficient (Wildman–Crippen LogP) is 3.01. The molecule has 116 valence electrons. The molecule has 0 atom stereocenters. The van der Waals surface area contributed by atoms with E-state index in [1.807, 2.05) is 24.3 Å². The van der Waals surface area contributed by atoms with Crippen molar-refractivity contribution >= 4 is 28.3 Å². The highest BCUT2D eigenvalue weighted by atomic mass is 16.1. The Balaban J connectivity index is 1.68. The average molecular weight is 306 g/mol. The SMILES string of the molecule is CC(=O)Nc1ccc2c(c1)nc1n2CCN(c2ccccc2)C1. The van der Waals surface area contributed by atoms with Gasteiger partial charge in [0.25, 0.3) is 0 Å². The maximum atomic E-state index is 11.2. The first-order chi connectivity index (χ1) is 11.2. The van der Waals surface area contributed by atoms with Crippen LogP contribution >= 0.6 is 0 Å². The van der Waals surface area contributed by atoms with Crippen LogP contribution in [0.3, 0.4) is 0 Å². The van der Waals surface area contributed by atoms with Crippen LogP contribution in [0.1, 0.15) is 12.7 Å². The van der Waals surface area contributed by atoms with Crippen molar-refractivity contribution in [1.82, 2.24) is 9.55 Å². The molecule has 1 aromatic heterocycles. The zero-order valence-corrected chi connectivity index (χ0v) is 13.0. The van der Waals surface area contributed by atoms with Crippen molar-refractivity contribution in [2.45, 2.75) is 20.0 Å². The molecule has 3 aromatic rings. The monoisotopic (exact) mass is 306 g/mol. The molecule has 0 fully saturated rings. The number of amides is 1. The molecule has 0 unspecified atom stereocenters. The lowest BCUT2D eigenvalue weighted by atomic mass is 10.2. The second-order valence-electron chi connectivity index (χ2n) is 5.82. The third-order valence-electron chi connectivity index (χ3n) is 4.19. The molecule has 5 nitrogen and oxygen atoms in total. The Bertz CT molecular complexity index is 869. The molecule has 1 N–H and O–H groups in total. The van der Waals surface area contributed by atoms with E-state index >= 15 is 0 Å². The van der Waals surface area contributed by atoms with E-state index in [-0.39, 0.29) is 5.91 Å². The van der Waals surface area contributed by atoms with Gasteiger partial charge in [-0.2, -0.15) is 0 Å². The molecule has 4 rings (SSSR count). The maximum absolute atomic E-state index is 11.2. The van der Waals surface area contributed by atoms with Gasteiger partial charge >= 0.3 is 0 Å². The molecule has 0 bridgehead atoms. The number of imidazole rings is 1. The van der Waals surface area contributed by atoms with Gasteiger partial charge in [-0.05, 0) is 30.3 Å². The molecule has 0 radical (unpaired) electrons. The standard InChI is InChI=1S/C18H18N4O/c1-13(23)19-14-7-8-17-16(11-14)20-18-12-21(9-10-22(17)18)15-5-3-2-4-6-15/h2-8,11H,9-10,12H2,1H3,(H,19,23). The third-order valence-corrected chi connectivity index (χ3v) is 4.19. The first-order valence-corrected chi connectivity index (χ1v) is 7.77. The van der Waals surface area contributed by atoms with Crippen LogP contribution in [0.15, 0.2) is 48.5 Å². The first-order valence-electron chi connectivity index (χ1n) is 7.77. The molecule has 23 heavy (non-hydrogen) atoms. The van der Waals surface area contributed by atoms with E-state index in [0.717, 1.165) is 42.2 Å². The summed E-state index contributed by atoms with van der Waals surface area (Å²) in [6, 6.07) is 16.3. The minimum atomic E-state index is -0.0661. The van der Waals surface area contributed by atoms with Crippen LogP contribution in [0.5, 0.6) is 0 Å². The van der Waals surface area contributed by atoms with Crippen LogP contribution in [0.4, 0.5) is 11.4 Å². The summed E-state index contributed by atoms with van der Waals surface area (Å²) in [5, 5.41) is 2.81. The zero-order chi connectivity index (χ0) is 15.8. The molecule has 0 spiro atoms. The van der Waals surface area contributed by atoms with Crippen molar-refractivity contribution in [2.75, 3.05) is 16.8 Å². The van der Waals surface area contributed by atoms with E-state index in [9.17, 15) is 4.79 Å². The Kier molecular flexibility index (Phi) is 3.26. The molecular formula is C18H18N4O. The smallest absolute Gasteiger partial charge is 0.221 e. The maximum Gasteiger partial charge on any atom is 0.221 e.